The summed E-state index contributed by atoms with van der Waals surface area (Å²) in [7, 11) is 1.26. The van der Waals surface area contributed by atoms with E-state index in [-0.39, 0.29) is 29.9 Å². The maximum atomic E-state index is 12.8. The lowest BCUT2D eigenvalue weighted by atomic mass is 9.85. The quantitative estimate of drug-likeness (QED) is 0.796. The second-order valence-electron chi connectivity index (χ2n) is 5.82. The van der Waals surface area contributed by atoms with Crippen LogP contribution >= 0.6 is 0 Å². The number of hydrogen-bond donors (Lipinski definition) is 1. The molecule has 0 heterocycles. The Morgan fingerprint density at radius 3 is 2.56 bits per heavy atom. The van der Waals surface area contributed by atoms with Gasteiger partial charge in [0.1, 0.15) is 0 Å². The van der Waals surface area contributed by atoms with Gasteiger partial charge >= 0.3 is 12.8 Å². The lowest BCUT2D eigenvalue weighted by Crippen LogP contribution is -2.41. The molecule has 25 heavy (non-hydrogen) atoms. The first-order valence-corrected chi connectivity index (χ1v) is 7.71. The first-order chi connectivity index (χ1) is 11.7. The number of rotatable bonds is 5. The second kappa shape index (κ2) is 7.88. The van der Waals surface area contributed by atoms with E-state index in [1.807, 2.05) is 0 Å². The summed E-state index contributed by atoms with van der Waals surface area (Å²) in [6.07, 6.45) is -3.63. The molecular weight excluding hydrogens is 349 g/mol. The summed E-state index contributed by atoms with van der Waals surface area (Å²) < 4.78 is 72.4. The van der Waals surface area contributed by atoms with Crippen molar-refractivity contribution in [2.75, 3.05) is 7.11 Å². The molecule has 0 radical (unpaired) electrons. The van der Waals surface area contributed by atoms with Crippen molar-refractivity contribution in [3.8, 4) is 11.5 Å². The Morgan fingerprint density at radius 2 is 1.96 bits per heavy atom. The zero-order valence-electron chi connectivity index (χ0n) is 13.4. The number of ether oxygens (including phenoxy) is 2. The van der Waals surface area contributed by atoms with Crippen molar-refractivity contribution in [3.63, 3.8) is 0 Å². The SMILES string of the molecule is COc1ccc(C(=O)NC2CCCC(C(F)(F)F)C2)cc1OC(F)F. The average molecular weight is 367 g/mol. The van der Waals surface area contributed by atoms with Crippen molar-refractivity contribution in [1.82, 2.24) is 5.32 Å². The van der Waals surface area contributed by atoms with E-state index in [0.717, 1.165) is 6.07 Å². The minimum atomic E-state index is -4.29. The summed E-state index contributed by atoms with van der Waals surface area (Å²) in [4.78, 5) is 12.2. The van der Waals surface area contributed by atoms with E-state index in [1.54, 1.807) is 0 Å². The molecular formula is C16H18F5NO3. The van der Waals surface area contributed by atoms with Gasteiger partial charge in [-0.25, -0.2) is 0 Å². The fraction of sp³-hybridized carbons (Fsp3) is 0.562. The number of methoxy groups -OCH3 is 1. The molecule has 2 unspecified atom stereocenters. The molecule has 0 aromatic heterocycles. The van der Waals surface area contributed by atoms with Gasteiger partial charge in [-0.05, 0) is 37.5 Å². The molecule has 1 aliphatic rings. The lowest BCUT2D eigenvalue weighted by Gasteiger charge is -2.31. The van der Waals surface area contributed by atoms with E-state index in [0.29, 0.717) is 12.8 Å². The molecule has 140 valence electrons. The third kappa shape index (κ3) is 5.20. The number of benzene rings is 1. The average Bonchev–Trinajstić information content (AvgIpc) is 2.53. The van der Waals surface area contributed by atoms with Gasteiger partial charge in [-0.2, -0.15) is 22.0 Å². The smallest absolute Gasteiger partial charge is 0.391 e. The fourth-order valence-electron chi connectivity index (χ4n) is 2.89. The molecule has 2 atom stereocenters. The maximum Gasteiger partial charge on any atom is 0.391 e. The summed E-state index contributed by atoms with van der Waals surface area (Å²) in [5.41, 5.74) is 0.00517. The second-order valence-corrected chi connectivity index (χ2v) is 5.82. The molecule has 1 aromatic carbocycles. The molecule has 1 fully saturated rings. The Bertz CT molecular complexity index is 606. The van der Waals surface area contributed by atoms with Crippen molar-refractivity contribution in [2.45, 2.75) is 44.5 Å². The van der Waals surface area contributed by atoms with Gasteiger partial charge in [0.2, 0.25) is 0 Å². The number of hydrogen-bond acceptors (Lipinski definition) is 3. The van der Waals surface area contributed by atoms with E-state index in [2.05, 4.69) is 10.1 Å². The zero-order chi connectivity index (χ0) is 18.6. The number of carbonyl (C=O) groups is 1. The fourth-order valence-corrected chi connectivity index (χ4v) is 2.89. The minimum absolute atomic E-state index is 0.00517. The van der Waals surface area contributed by atoms with Crippen LogP contribution in [-0.2, 0) is 0 Å². The van der Waals surface area contributed by atoms with Gasteiger partial charge in [0, 0.05) is 11.6 Å². The lowest BCUT2D eigenvalue weighted by molar-refractivity contribution is -0.183. The Labute approximate surface area is 141 Å². The van der Waals surface area contributed by atoms with E-state index in [9.17, 15) is 26.7 Å². The molecule has 9 heteroatoms. The largest absolute Gasteiger partial charge is 0.493 e. The molecule has 0 bridgehead atoms. The number of carbonyl (C=O) groups excluding carboxylic acids is 1. The third-order valence-electron chi connectivity index (χ3n) is 4.11. The van der Waals surface area contributed by atoms with E-state index in [4.69, 9.17) is 4.74 Å². The van der Waals surface area contributed by atoms with Crippen LogP contribution in [0.2, 0.25) is 0 Å². The normalized spacial score (nSPS) is 21.1. The van der Waals surface area contributed by atoms with Crippen LogP contribution in [0.4, 0.5) is 22.0 Å². The summed E-state index contributed by atoms with van der Waals surface area (Å²) in [5, 5.41) is 2.53. The van der Waals surface area contributed by atoms with Gasteiger partial charge in [0.05, 0.1) is 13.0 Å². The summed E-state index contributed by atoms with van der Waals surface area (Å²) >= 11 is 0. The van der Waals surface area contributed by atoms with Gasteiger partial charge in [0.25, 0.3) is 5.91 Å². The van der Waals surface area contributed by atoms with Crippen LogP contribution in [0.25, 0.3) is 0 Å². The van der Waals surface area contributed by atoms with Crippen LogP contribution < -0.4 is 14.8 Å². The molecule has 2 rings (SSSR count). The highest BCUT2D eigenvalue weighted by Gasteiger charge is 2.42. The Morgan fingerprint density at radius 1 is 1.24 bits per heavy atom. The van der Waals surface area contributed by atoms with Gasteiger partial charge in [-0.1, -0.05) is 6.42 Å². The predicted octanol–water partition coefficient (Wildman–Crippen LogP) is 4.15. The molecule has 1 aliphatic carbocycles. The van der Waals surface area contributed by atoms with Gasteiger partial charge < -0.3 is 14.8 Å². The number of halogens is 5. The highest BCUT2D eigenvalue weighted by molar-refractivity contribution is 5.95. The van der Waals surface area contributed by atoms with Crippen LogP contribution in [0.3, 0.4) is 0 Å². The van der Waals surface area contributed by atoms with Crippen molar-refractivity contribution in [2.24, 2.45) is 5.92 Å². The molecule has 4 nitrogen and oxygen atoms in total. The van der Waals surface area contributed by atoms with Gasteiger partial charge in [-0.15, -0.1) is 0 Å². The predicted molar refractivity (Wildman–Crippen MR) is 78.9 cm³/mol. The maximum absolute atomic E-state index is 12.8. The van der Waals surface area contributed by atoms with Crippen molar-refractivity contribution in [3.05, 3.63) is 23.8 Å². The number of nitrogens with one attached hydrogen (secondary N) is 1. The first kappa shape index (κ1) is 19.3. The zero-order valence-corrected chi connectivity index (χ0v) is 13.4. The summed E-state index contributed by atoms with van der Waals surface area (Å²) in [6.45, 7) is -3.10. The van der Waals surface area contributed by atoms with Crippen molar-refractivity contribution >= 4 is 5.91 Å². The van der Waals surface area contributed by atoms with Crippen LogP contribution in [0.15, 0.2) is 18.2 Å². The van der Waals surface area contributed by atoms with Crippen LogP contribution in [0.5, 0.6) is 11.5 Å². The number of amides is 1. The van der Waals surface area contributed by atoms with E-state index >= 15 is 0 Å². The monoisotopic (exact) mass is 367 g/mol. The van der Waals surface area contributed by atoms with E-state index in [1.165, 1.54) is 19.2 Å². The molecule has 1 saturated carbocycles. The Hall–Kier alpha value is -2.06. The molecule has 0 saturated heterocycles. The molecule has 1 amide bonds. The van der Waals surface area contributed by atoms with Crippen molar-refractivity contribution < 1.29 is 36.2 Å². The molecule has 1 aromatic rings. The topological polar surface area (TPSA) is 47.6 Å². The van der Waals surface area contributed by atoms with Gasteiger partial charge in [0.15, 0.2) is 11.5 Å². The van der Waals surface area contributed by atoms with Gasteiger partial charge in [-0.3, -0.25) is 4.79 Å². The summed E-state index contributed by atoms with van der Waals surface area (Å²) in [6, 6.07) is 3.07. The van der Waals surface area contributed by atoms with Crippen molar-refractivity contribution in [1.29, 1.82) is 0 Å². The van der Waals surface area contributed by atoms with Crippen LogP contribution in [-0.4, -0.2) is 31.8 Å². The molecule has 1 N–H and O–H groups in total. The minimum Gasteiger partial charge on any atom is -0.493 e. The van der Waals surface area contributed by atoms with Crippen LogP contribution in [0.1, 0.15) is 36.0 Å². The number of alkyl halides is 5. The first-order valence-electron chi connectivity index (χ1n) is 7.71. The summed E-state index contributed by atoms with van der Waals surface area (Å²) in [5.74, 6) is -2.39. The van der Waals surface area contributed by atoms with E-state index < -0.39 is 30.7 Å². The highest BCUT2D eigenvalue weighted by Crippen LogP contribution is 2.37. The standard InChI is InChI=1S/C16H18F5NO3/c1-24-12-6-5-9(7-13(12)25-15(17)18)14(23)22-11-4-2-3-10(8-11)16(19,20)21/h5-7,10-11,15H,2-4,8H2,1H3,(H,22,23). The molecule has 0 aliphatic heterocycles. The highest BCUT2D eigenvalue weighted by atomic mass is 19.4. The molecule has 0 spiro atoms. The third-order valence-corrected chi connectivity index (χ3v) is 4.11. The van der Waals surface area contributed by atoms with Crippen LogP contribution in [0, 0.1) is 5.92 Å². The Balaban J connectivity index is 2.07. The Kier molecular flexibility index (Phi) is 6.07.